The molecule has 0 radical (unpaired) electrons. The molecule has 18 heavy (non-hydrogen) atoms. The molecule has 100 valence electrons. The van der Waals surface area contributed by atoms with Crippen LogP contribution in [0.2, 0.25) is 0 Å². The third kappa shape index (κ3) is 3.07. The van der Waals surface area contributed by atoms with Gasteiger partial charge >= 0.3 is 5.97 Å². The smallest absolute Gasteiger partial charge is 0.324 e. The average Bonchev–Trinajstić information content (AvgIpc) is 2.33. The molecule has 0 spiro atoms. The molecule has 0 saturated heterocycles. The number of halogens is 1. The van der Waals surface area contributed by atoms with Gasteiger partial charge in [0.05, 0.1) is 0 Å². The van der Waals surface area contributed by atoms with Gasteiger partial charge in [-0.3, -0.25) is 9.69 Å². The van der Waals surface area contributed by atoms with E-state index in [1.165, 1.54) is 12.1 Å². The van der Waals surface area contributed by atoms with E-state index in [9.17, 15) is 14.3 Å². The fraction of sp³-hybridized carbons (Fsp3) is 0.500. The lowest BCUT2D eigenvalue weighted by Crippen LogP contribution is -2.53. The molecule has 0 fully saturated rings. The van der Waals surface area contributed by atoms with Crippen LogP contribution in [0.5, 0.6) is 0 Å². The molecule has 4 heteroatoms. The van der Waals surface area contributed by atoms with Gasteiger partial charge in [-0.25, -0.2) is 4.39 Å². The van der Waals surface area contributed by atoms with Crippen molar-refractivity contribution in [1.29, 1.82) is 0 Å². The molecule has 0 aliphatic heterocycles. The number of carbonyl (C=O) groups is 1. The van der Waals surface area contributed by atoms with Crippen LogP contribution in [-0.2, 0) is 11.2 Å². The van der Waals surface area contributed by atoms with Crippen molar-refractivity contribution in [2.45, 2.75) is 32.7 Å². The van der Waals surface area contributed by atoms with Crippen LogP contribution in [0.3, 0.4) is 0 Å². The molecular weight excluding hydrogens is 233 g/mol. The molecule has 0 heterocycles. The topological polar surface area (TPSA) is 40.5 Å². The second kappa shape index (κ2) is 5.96. The Morgan fingerprint density at radius 2 is 1.78 bits per heavy atom. The van der Waals surface area contributed by atoms with Crippen molar-refractivity contribution >= 4 is 5.97 Å². The standard InChI is InChI=1S/C14H20FNO2/c1-4-16(5-2)14(3,13(17)18)10-11-6-8-12(15)9-7-11/h6-9H,4-5,10H2,1-3H3,(H,17,18). The summed E-state index contributed by atoms with van der Waals surface area (Å²) in [6.07, 6.45) is 0.365. The summed E-state index contributed by atoms with van der Waals surface area (Å²) in [7, 11) is 0. The van der Waals surface area contributed by atoms with Gasteiger partial charge in [-0.2, -0.15) is 0 Å². The van der Waals surface area contributed by atoms with Gasteiger partial charge in [0.15, 0.2) is 0 Å². The Morgan fingerprint density at radius 1 is 1.28 bits per heavy atom. The first kappa shape index (κ1) is 14.6. The van der Waals surface area contributed by atoms with Crippen LogP contribution in [0.15, 0.2) is 24.3 Å². The molecule has 3 nitrogen and oxygen atoms in total. The minimum Gasteiger partial charge on any atom is -0.480 e. The van der Waals surface area contributed by atoms with Crippen LogP contribution in [0.4, 0.5) is 4.39 Å². The zero-order valence-electron chi connectivity index (χ0n) is 11.1. The molecule has 1 rings (SSSR count). The van der Waals surface area contributed by atoms with Crippen molar-refractivity contribution in [3.8, 4) is 0 Å². The van der Waals surface area contributed by atoms with E-state index in [-0.39, 0.29) is 5.82 Å². The summed E-state index contributed by atoms with van der Waals surface area (Å²) in [5, 5.41) is 9.47. The van der Waals surface area contributed by atoms with Gasteiger partial charge in [0, 0.05) is 6.42 Å². The molecule has 1 unspecified atom stereocenters. The van der Waals surface area contributed by atoms with Gasteiger partial charge in [-0.05, 0) is 37.7 Å². The third-order valence-electron chi connectivity index (χ3n) is 3.38. The highest BCUT2D eigenvalue weighted by Gasteiger charge is 2.38. The Hall–Kier alpha value is -1.42. The summed E-state index contributed by atoms with van der Waals surface area (Å²) in [6.45, 7) is 6.93. The number of rotatable bonds is 6. The summed E-state index contributed by atoms with van der Waals surface area (Å²) >= 11 is 0. The first-order chi connectivity index (χ1) is 8.43. The van der Waals surface area contributed by atoms with Gasteiger partial charge in [0.2, 0.25) is 0 Å². The number of hydrogen-bond acceptors (Lipinski definition) is 2. The fourth-order valence-electron chi connectivity index (χ4n) is 2.24. The Bertz CT molecular complexity index is 401. The summed E-state index contributed by atoms with van der Waals surface area (Å²) in [5.41, 5.74) is -0.130. The zero-order valence-corrected chi connectivity index (χ0v) is 11.1. The Kier molecular flexibility index (Phi) is 4.84. The maximum Gasteiger partial charge on any atom is 0.324 e. The Morgan fingerprint density at radius 3 is 2.17 bits per heavy atom. The lowest BCUT2D eigenvalue weighted by molar-refractivity contribution is -0.150. The minimum absolute atomic E-state index is 0.307. The zero-order chi connectivity index (χ0) is 13.8. The van der Waals surface area contributed by atoms with Crippen molar-refractivity contribution in [3.63, 3.8) is 0 Å². The molecule has 1 aromatic carbocycles. The van der Waals surface area contributed by atoms with Crippen LogP contribution in [0.1, 0.15) is 26.3 Å². The first-order valence-electron chi connectivity index (χ1n) is 6.17. The number of aliphatic carboxylic acids is 1. The summed E-state index contributed by atoms with van der Waals surface area (Å²) < 4.78 is 12.8. The number of benzene rings is 1. The highest BCUT2D eigenvalue weighted by molar-refractivity contribution is 5.78. The maximum atomic E-state index is 12.8. The minimum atomic E-state index is -0.957. The predicted octanol–water partition coefficient (Wildman–Crippen LogP) is 2.55. The quantitative estimate of drug-likeness (QED) is 0.847. The van der Waals surface area contributed by atoms with Gasteiger partial charge in [-0.1, -0.05) is 26.0 Å². The van der Waals surface area contributed by atoms with Crippen LogP contribution in [-0.4, -0.2) is 34.6 Å². The summed E-state index contributed by atoms with van der Waals surface area (Å²) in [6, 6.07) is 6.00. The van der Waals surface area contributed by atoms with Crippen molar-refractivity contribution in [3.05, 3.63) is 35.6 Å². The largest absolute Gasteiger partial charge is 0.480 e. The Labute approximate surface area is 107 Å². The van der Waals surface area contributed by atoms with Crippen LogP contribution in [0, 0.1) is 5.82 Å². The maximum absolute atomic E-state index is 12.8. The van der Waals surface area contributed by atoms with Gasteiger partial charge in [0.25, 0.3) is 0 Å². The molecule has 1 N–H and O–H groups in total. The lowest BCUT2D eigenvalue weighted by Gasteiger charge is -2.36. The van der Waals surface area contributed by atoms with Crippen LogP contribution >= 0.6 is 0 Å². The second-order valence-electron chi connectivity index (χ2n) is 4.55. The van der Waals surface area contributed by atoms with E-state index < -0.39 is 11.5 Å². The van der Waals surface area contributed by atoms with Gasteiger partial charge < -0.3 is 5.11 Å². The first-order valence-corrected chi connectivity index (χ1v) is 6.17. The Balaban J connectivity index is 2.99. The number of carboxylic acids is 1. The van der Waals surface area contributed by atoms with E-state index in [0.717, 1.165) is 5.56 Å². The van der Waals surface area contributed by atoms with Crippen LogP contribution < -0.4 is 0 Å². The third-order valence-corrected chi connectivity index (χ3v) is 3.38. The molecule has 0 aromatic heterocycles. The van der Waals surface area contributed by atoms with Gasteiger partial charge in [-0.15, -0.1) is 0 Å². The molecule has 1 aromatic rings. The van der Waals surface area contributed by atoms with E-state index in [1.54, 1.807) is 19.1 Å². The van der Waals surface area contributed by atoms with Crippen LogP contribution in [0.25, 0.3) is 0 Å². The normalized spacial score (nSPS) is 14.5. The second-order valence-corrected chi connectivity index (χ2v) is 4.55. The van der Waals surface area contributed by atoms with Crippen molar-refractivity contribution in [1.82, 2.24) is 4.90 Å². The fourth-order valence-corrected chi connectivity index (χ4v) is 2.24. The van der Waals surface area contributed by atoms with E-state index in [2.05, 4.69) is 0 Å². The molecule has 0 aliphatic carbocycles. The van der Waals surface area contributed by atoms with Crippen molar-refractivity contribution < 1.29 is 14.3 Å². The SMILES string of the molecule is CCN(CC)C(C)(Cc1ccc(F)cc1)C(=O)O. The van der Waals surface area contributed by atoms with Crippen molar-refractivity contribution in [2.75, 3.05) is 13.1 Å². The lowest BCUT2D eigenvalue weighted by atomic mass is 9.90. The van der Waals surface area contributed by atoms with Crippen molar-refractivity contribution in [2.24, 2.45) is 0 Å². The number of carboxylic acid groups (broad SMARTS) is 1. The highest BCUT2D eigenvalue weighted by atomic mass is 19.1. The average molecular weight is 253 g/mol. The van der Waals surface area contributed by atoms with E-state index in [4.69, 9.17) is 0 Å². The van der Waals surface area contributed by atoms with E-state index in [1.807, 2.05) is 18.7 Å². The molecule has 0 aliphatic rings. The summed E-state index contributed by atoms with van der Waals surface area (Å²) in [4.78, 5) is 13.4. The molecular formula is C14H20FNO2. The number of likely N-dealkylation sites (N-methyl/N-ethyl adjacent to an activating group) is 1. The van der Waals surface area contributed by atoms with E-state index in [0.29, 0.717) is 19.5 Å². The summed E-state index contributed by atoms with van der Waals surface area (Å²) in [5.74, 6) is -1.16. The molecule has 0 amide bonds. The monoisotopic (exact) mass is 253 g/mol. The predicted molar refractivity (Wildman–Crippen MR) is 69.1 cm³/mol. The van der Waals surface area contributed by atoms with Gasteiger partial charge in [0.1, 0.15) is 11.4 Å². The highest BCUT2D eigenvalue weighted by Crippen LogP contribution is 2.21. The number of nitrogens with zero attached hydrogens (tertiary/aromatic N) is 1. The molecule has 0 saturated carbocycles. The molecule has 0 bridgehead atoms. The molecule has 1 atom stereocenters. The van der Waals surface area contributed by atoms with E-state index >= 15 is 0 Å². The number of hydrogen-bond donors (Lipinski definition) is 1.